The molecule has 0 unspecified atom stereocenters. The van der Waals surface area contributed by atoms with Gasteiger partial charge in [-0.1, -0.05) is 0 Å². The Morgan fingerprint density at radius 1 is 1.31 bits per heavy atom. The number of carbonyl (C=O) groups is 1. The van der Waals surface area contributed by atoms with Crippen LogP contribution < -0.4 is 0 Å². The summed E-state index contributed by atoms with van der Waals surface area (Å²) in [7, 11) is 0. The van der Waals surface area contributed by atoms with Gasteiger partial charge in [-0.25, -0.2) is 24.3 Å². The van der Waals surface area contributed by atoms with Crippen molar-refractivity contribution in [3.05, 3.63) is 31.0 Å². The summed E-state index contributed by atoms with van der Waals surface area (Å²) in [6.07, 6.45) is 5.04. The summed E-state index contributed by atoms with van der Waals surface area (Å²) in [6, 6.07) is 1.69. The minimum atomic E-state index is -1.06. The molecular weight excluding hydrogens is 208 g/mol. The molecular formula is C10H6N4O2. The molecule has 1 N–H and O–H groups in total. The molecule has 3 rings (SSSR count). The summed E-state index contributed by atoms with van der Waals surface area (Å²) in [4.78, 5) is 23.0. The molecule has 0 atom stereocenters. The largest absolute Gasteiger partial charge is 0.464 e. The zero-order valence-electron chi connectivity index (χ0n) is 8.03. The molecule has 3 aromatic rings. The highest BCUT2D eigenvalue weighted by atomic mass is 16.4. The second kappa shape index (κ2) is 2.99. The molecule has 0 fully saturated rings. The van der Waals surface area contributed by atoms with Crippen molar-refractivity contribution in [1.29, 1.82) is 0 Å². The van der Waals surface area contributed by atoms with Crippen molar-refractivity contribution in [2.24, 2.45) is 0 Å². The fourth-order valence-corrected chi connectivity index (χ4v) is 1.69. The van der Waals surface area contributed by atoms with Crippen LogP contribution in [0.1, 0.15) is 0 Å². The standard InChI is InChI=1S/C10H6N4O2/c15-10(16)14-2-1-7-8-6(3-11-5-13-8)4-12-9(7)14/h1-5H,(H,15,16). The third-order valence-corrected chi connectivity index (χ3v) is 2.39. The van der Waals surface area contributed by atoms with Gasteiger partial charge in [0.05, 0.1) is 5.52 Å². The van der Waals surface area contributed by atoms with Gasteiger partial charge in [-0.3, -0.25) is 0 Å². The monoisotopic (exact) mass is 214 g/mol. The van der Waals surface area contributed by atoms with Gasteiger partial charge in [-0.15, -0.1) is 0 Å². The number of hydrogen-bond acceptors (Lipinski definition) is 4. The minimum absolute atomic E-state index is 0.388. The fraction of sp³-hybridized carbons (Fsp3) is 0. The minimum Gasteiger partial charge on any atom is -0.464 e. The summed E-state index contributed by atoms with van der Waals surface area (Å²) in [6.45, 7) is 0. The third-order valence-electron chi connectivity index (χ3n) is 2.39. The lowest BCUT2D eigenvalue weighted by Crippen LogP contribution is -2.06. The molecule has 0 amide bonds. The van der Waals surface area contributed by atoms with Crippen molar-refractivity contribution in [3.63, 3.8) is 0 Å². The molecule has 0 saturated carbocycles. The van der Waals surface area contributed by atoms with Gasteiger partial charge in [0, 0.05) is 29.4 Å². The molecule has 3 aromatic heterocycles. The zero-order valence-corrected chi connectivity index (χ0v) is 8.03. The maximum atomic E-state index is 10.9. The maximum absolute atomic E-state index is 10.9. The number of hydrogen-bond donors (Lipinski definition) is 1. The van der Waals surface area contributed by atoms with Gasteiger partial charge in [0.15, 0.2) is 5.65 Å². The van der Waals surface area contributed by atoms with E-state index in [0.29, 0.717) is 16.6 Å². The van der Waals surface area contributed by atoms with E-state index < -0.39 is 6.09 Å². The molecule has 16 heavy (non-hydrogen) atoms. The summed E-state index contributed by atoms with van der Waals surface area (Å²) in [5.41, 5.74) is 1.10. The maximum Gasteiger partial charge on any atom is 0.417 e. The lowest BCUT2D eigenvalue weighted by atomic mass is 10.2. The van der Waals surface area contributed by atoms with Crippen LogP contribution in [0.3, 0.4) is 0 Å². The number of pyridine rings is 1. The Hall–Kier alpha value is -2.50. The molecule has 0 aliphatic rings. The van der Waals surface area contributed by atoms with Gasteiger partial charge in [0.2, 0.25) is 0 Å². The van der Waals surface area contributed by atoms with Gasteiger partial charge in [-0.2, -0.15) is 0 Å². The van der Waals surface area contributed by atoms with E-state index in [1.807, 2.05) is 0 Å². The molecule has 0 aromatic carbocycles. The first-order valence-electron chi connectivity index (χ1n) is 4.56. The lowest BCUT2D eigenvalue weighted by Gasteiger charge is -1.99. The molecule has 0 spiro atoms. The van der Waals surface area contributed by atoms with Crippen molar-refractivity contribution in [2.45, 2.75) is 0 Å². The van der Waals surface area contributed by atoms with Crippen molar-refractivity contribution in [1.82, 2.24) is 19.5 Å². The molecule has 3 heterocycles. The van der Waals surface area contributed by atoms with Crippen LogP contribution in [0.25, 0.3) is 21.9 Å². The van der Waals surface area contributed by atoms with E-state index in [2.05, 4.69) is 15.0 Å². The van der Waals surface area contributed by atoms with Gasteiger partial charge in [0.25, 0.3) is 0 Å². The third kappa shape index (κ3) is 1.07. The van der Waals surface area contributed by atoms with Crippen LogP contribution in [0, 0.1) is 0 Å². The van der Waals surface area contributed by atoms with Crippen LogP contribution in [0.15, 0.2) is 31.0 Å². The van der Waals surface area contributed by atoms with Crippen molar-refractivity contribution >= 4 is 28.0 Å². The second-order valence-corrected chi connectivity index (χ2v) is 3.29. The van der Waals surface area contributed by atoms with Crippen LogP contribution in [0.4, 0.5) is 4.79 Å². The van der Waals surface area contributed by atoms with E-state index in [-0.39, 0.29) is 0 Å². The average molecular weight is 214 g/mol. The van der Waals surface area contributed by atoms with E-state index >= 15 is 0 Å². The quantitative estimate of drug-likeness (QED) is 0.613. The summed E-state index contributed by atoms with van der Waals surface area (Å²) < 4.78 is 1.07. The molecule has 0 bridgehead atoms. The van der Waals surface area contributed by atoms with E-state index in [9.17, 15) is 4.79 Å². The van der Waals surface area contributed by atoms with E-state index in [1.54, 1.807) is 18.5 Å². The first-order chi connectivity index (χ1) is 7.77. The van der Waals surface area contributed by atoms with Crippen LogP contribution in [0.5, 0.6) is 0 Å². The zero-order chi connectivity index (χ0) is 11.1. The van der Waals surface area contributed by atoms with Gasteiger partial charge < -0.3 is 5.11 Å². The molecule has 6 nitrogen and oxygen atoms in total. The van der Waals surface area contributed by atoms with E-state index in [0.717, 1.165) is 9.95 Å². The van der Waals surface area contributed by atoms with Crippen molar-refractivity contribution in [2.75, 3.05) is 0 Å². The first kappa shape index (κ1) is 8.78. The van der Waals surface area contributed by atoms with Gasteiger partial charge in [-0.05, 0) is 6.07 Å². The second-order valence-electron chi connectivity index (χ2n) is 3.29. The topological polar surface area (TPSA) is 80.9 Å². The fourth-order valence-electron chi connectivity index (χ4n) is 1.69. The summed E-state index contributed by atoms with van der Waals surface area (Å²) in [5, 5.41) is 10.4. The van der Waals surface area contributed by atoms with Crippen LogP contribution >= 0.6 is 0 Å². The predicted octanol–water partition coefficient (Wildman–Crippen LogP) is 1.51. The number of nitrogens with zero attached hydrogens (tertiary/aromatic N) is 4. The number of carboxylic acid groups (broad SMARTS) is 1. The van der Waals surface area contributed by atoms with Gasteiger partial charge >= 0.3 is 6.09 Å². The highest BCUT2D eigenvalue weighted by molar-refractivity contribution is 6.03. The Balaban J connectivity index is 2.49. The SMILES string of the molecule is O=C(O)n1ccc2c3ncncc3cnc21. The molecule has 0 radical (unpaired) electrons. The Morgan fingerprint density at radius 3 is 3.00 bits per heavy atom. The van der Waals surface area contributed by atoms with E-state index in [4.69, 9.17) is 5.11 Å². The number of fused-ring (bicyclic) bond motifs is 3. The highest BCUT2D eigenvalue weighted by Gasteiger charge is 2.10. The number of rotatable bonds is 0. The van der Waals surface area contributed by atoms with Crippen LogP contribution in [-0.2, 0) is 0 Å². The molecule has 0 aliphatic heterocycles. The molecule has 0 aliphatic carbocycles. The number of aromatic nitrogens is 4. The lowest BCUT2D eigenvalue weighted by molar-refractivity contribution is 0.197. The van der Waals surface area contributed by atoms with Gasteiger partial charge in [0.1, 0.15) is 6.33 Å². The van der Waals surface area contributed by atoms with Crippen molar-refractivity contribution < 1.29 is 9.90 Å². The highest BCUT2D eigenvalue weighted by Crippen LogP contribution is 2.21. The summed E-state index contributed by atoms with van der Waals surface area (Å²) in [5.74, 6) is 0. The Bertz CT molecular complexity index is 704. The normalized spacial score (nSPS) is 11.0. The van der Waals surface area contributed by atoms with Crippen molar-refractivity contribution in [3.8, 4) is 0 Å². The molecule has 0 saturated heterocycles. The van der Waals surface area contributed by atoms with E-state index in [1.165, 1.54) is 12.5 Å². The molecule has 6 heteroatoms. The van der Waals surface area contributed by atoms with Crippen LogP contribution in [0.2, 0.25) is 0 Å². The Morgan fingerprint density at radius 2 is 2.19 bits per heavy atom. The smallest absolute Gasteiger partial charge is 0.417 e. The van der Waals surface area contributed by atoms with Crippen LogP contribution in [-0.4, -0.2) is 30.7 Å². The predicted molar refractivity (Wildman–Crippen MR) is 56.3 cm³/mol. The summed E-state index contributed by atoms with van der Waals surface area (Å²) >= 11 is 0. The average Bonchev–Trinajstić information content (AvgIpc) is 2.73. The Kier molecular flexibility index (Phi) is 1.64. The molecule has 78 valence electrons. The first-order valence-corrected chi connectivity index (χ1v) is 4.56. The Labute approximate surface area is 89.2 Å².